The molecule has 2 aromatic heterocycles. The quantitative estimate of drug-likeness (QED) is 0.221. The maximum Gasteiger partial charge on any atom is 0.185 e. The lowest BCUT2D eigenvalue weighted by Crippen LogP contribution is -1.99. The molecule has 5 aromatic rings. The number of nitrogens with zero attached hydrogens (tertiary/aromatic N) is 2. The lowest BCUT2D eigenvalue weighted by atomic mass is 10.1. The van der Waals surface area contributed by atoms with Crippen molar-refractivity contribution in [3.05, 3.63) is 102 Å². The Balaban J connectivity index is 0.000000956. The van der Waals surface area contributed by atoms with Gasteiger partial charge in [0.2, 0.25) is 0 Å². The van der Waals surface area contributed by atoms with E-state index in [2.05, 4.69) is 40.4 Å². The van der Waals surface area contributed by atoms with Gasteiger partial charge in [0, 0.05) is 16.6 Å². The number of benzene rings is 3. The average molecular weight is 510 g/mol. The maximum absolute atomic E-state index is 11.0. The average Bonchev–Trinajstić information content (AvgIpc) is 3.44. The van der Waals surface area contributed by atoms with E-state index in [1.165, 1.54) is 11.9 Å². The van der Waals surface area contributed by atoms with Gasteiger partial charge in [-0.2, -0.15) is 0 Å². The van der Waals surface area contributed by atoms with Crippen LogP contribution in [0.2, 0.25) is 0 Å². The van der Waals surface area contributed by atoms with Gasteiger partial charge in [-0.15, -0.1) is 0 Å². The number of aldehydes is 1. The second-order valence-electron chi connectivity index (χ2n) is 8.16. The molecule has 3 aromatic carbocycles. The summed E-state index contributed by atoms with van der Waals surface area (Å²) in [6, 6.07) is 23.5. The number of fused-ring (bicyclic) bond motifs is 1. The van der Waals surface area contributed by atoms with E-state index in [0.717, 1.165) is 39.0 Å². The highest BCUT2D eigenvalue weighted by Crippen LogP contribution is 2.31. The first-order valence-electron chi connectivity index (χ1n) is 13.0. The van der Waals surface area contributed by atoms with Crippen molar-refractivity contribution in [1.82, 2.24) is 9.97 Å². The van der Waals surface area contributed by atoms with E-state index in [1.807, 2.05) is 77.1 Å². The largest absolute Gasteiger partial charge is 0.489 e. The van der Waals surface area contributed by atoms with Gasteiger partial charge in [-0.05, 0) is 73.5 Å². The van der Waals surface area contributed by atoms with Gasteiger partial charge in [-0.25, -0.2) is 9.97 Å². The molecule has 6 nitrogen and oxygen atoms in total. The Hall–Kier alpha value is -4.45. The van der Waals surface area contributed by atoms with Crippen LogP contribution in [0.5, 0.6) is 5.75 Å². The molecular formula is C32H35N3O3. The first kappa shape index (κ1) is 28.1. The first-order valence-corrected chi connectivity index (χ1v) is 13.0. The molecule has 0 saturated heterocycles. The van der Waals surface area contributed by atoms with Crippen LogP contribution in [0.15, 0.2) is 83.5 Å². The highest BCUT2D eigenvalue weighted by Gasteiger charge is 2.10. The number of hydrogen-bond acceptors (Lipinski definition) is 6. The molecule has 0 aliphatic carbocycles. The van der Waals surface area contributed by atoms with Crippen LogP contribution in [-0.2, 0) is 6.61 Å². The lowest BCUT2D eigenvalue weighted by Gasteiger charge is -2.13. The highest BCUT2D eigenvalue weighted by atomic mass is 16.5. The molecule has 1 N–H and O–H groups in total. The summed E-state index contributed by atoms with van der Waals surface area (Å²) in [6.45, 7) is 12.6. The van der Waals surface area contributed by atoms with E-state index in [-0.39, 0.29) is 5.76 Å². The van der Waals surface area contributed by atoms with Gasteiger partial charge in [0.25, 0.3) is 0 Å². The van der Waals surface area contributed by atoms with Crippen molar-refractivity contribution in [3.8, 4) is 17.1 Å². The third kappa shape index (κ3) is 6.85. The van der Waals surface area contributed by atoms with Crippen LogP contribution in [0.3, 0.4) is 0 Å². The Bertz CT molecular complexity index is 1490. The molecule has 2 heterocycles. The summed E-state index contributed by atoms with van der Waals surface area (Å²) in [5.74, 6) is 2.43. The molecule has 0 aliphatic heterocycles. The predicted molar refractivity (Wildman–Crippen MR) is 155 cm³/mol. The fourth-order valence-corrected chi connectivity index (χ4v) is 3.87. The van der Waals surface area contributed by atoms with E-state index < -0.39 is 0 Å². The Morgan fingerprint density at radius 2 is 1.71 bits per heavy atom. The minimum Gasteiger partial charge on any atom is -0.489 e. The van der Waals surface area contributed by atoms with Crippen molar-refractivity contribution in [1.29, 1.82) is 0 Å². The fourth-order valence-electron chi connectivity index (χ4n) is 3.87. The molecule has 0 spiro atoms. The Morgan fingerprint density at radius 1 is 0.895 bits per heavy atom. The molecule has 0 saturated carbocycles. The van der Waals surface area contributed by atoms with Crippen LogP contribution < -0.4 is 10.1 Å². The Labute approximate surface area is 224 Å². The maximum atomic E-state index is 11.0. The van der Waals surface area contributed by atoms with E-state index in [0.29, 0.717) is 24.5 Å². The highest BCUT2D eigenvalue weighted by molar-refractivity contribution is 5.93. The number of nitrogens with one attached hydrogen (secondary N) is 1. The van der Waals surface area contributed by atoms with Gasteiger partial charge >= 0.3 is 0 Å². The summed E-state index contributed by atoms with van der Waals surface area (Å²) in [5.41, 5.74) is 5.92. The van der Waals surface area contributed by atoms with Crippen LogP contribution in [-0.4, -0.2) is 16.3 Å². The Morgan fingerprint density at radius 3 is 2.42 bits per heavy atom. The van der Waals surface area contributed by atoms with Gasteiger partial charge in [0.15, 0.2) is 12.0 Å². The number of aryl methyl sites for hydroxylation is 2. The number of aromatic nitrogens is 2. The molecule has 0 fully saturated rings. The molecule has 0 bridgehead atoms. The zero-order chi connectivity index (χ0) is 27.5. The van der Waals surface area contributed by atoms with Gasteiger partial charge < -0.3 is 14.5 Å². The molecule has 5 rings (SSSR count). The van der Waals surface area contributed by atoms with Gasteiger partial charge in [0.1, 0.15) is 30.3 Å². The number of carbonyl (C=O) groups excluding carboxylic acids is 1. The van der Waals surface area contributed by atoms with Gasteiger partial charge in [-0.1, -0.05) is 57.5 Å². The van der Waals surface area contributed by atoms with Crippen molar-refractivity contribution in [2.24, 2.45) is 0 Å². The summed E-state index contributed by atoms with van der Waals surface area (Å²) < 4.78 is 11.6. The van der Waals surface area contributed by atoms with Crippen LogP contribution in [0.25, 0.3) is 22.2 Å². The summed E-state index contributed by atoms with van der Waals surface area (Å²) in [6.07, 6.45) is 2.23. The number of carbonyl (C=O) groups is 1. The van der Waals surface area contributed by atoms with Crippen molar-refractivity contribution in [2.75, 3.05) is 5.32 Å². The van der Waals surface area contributed by atoms with Crippen molar-refractivity contribution >= 4 is 28.7 Å². The Kier molecular flexibility index (Phi) is 10.2. The normalized spacial score (nSPS) is 10.1. The molecule has 0 amide bonds. The van der Waals surface area contributed by atoms with Crippen LogP contribution in [0.4, 0.5) is 11.5 Å². The monoisotopic (exact) mass is 509 g/mol. The number of anilines is 2. The van der Waals surface area contributed by atoms with E-state index >= 15 is 0 Å². The second-order valence-corrected chi connectivity index (χ2v) is 8.16. The minimum absolute atomic E-state index is 0.290. The zero-order valence-electron chi connectivity index (χ0n) is 22.9. The topological polar surface area (TPSA) is 77.2 Å². The number of rotatable bonds is 7. The fraction of sp³-hybridized carbons (Fsp3) is 0.219. The van der Waals surface area contributed by atoms with Crippen LogP contribution in [0.1, 0.15) is 54.9 Å². The molecule has 0 aliphatic rings. The molecule has 6 heteroatoms. The third-order valence-corrected chi connectivity index (χ3v) is 5.58. The summed E-state index contributed by atoms with van der Waals surface area (Å²) in [4.78, 5) is 19.8. The summed E-state index contributed by atoms with van der Waals surface area (Å²) in [5, 5.41) is 4.25. The summed E-state index contributed by atoms with van der Waals surface area (Å²) in [7, 11) is 0. The minimum atomic E-state index is 0.290. The molecular weight excluding hydrogens is 474 g/mol. The van der Waals surface area contributed by atoms with E-state index in [9.17, 15) is 4.79 Å². The predicted octanol–water partition coefficient (Wildman–Crippen LogP) is 8.69. The first-order chi connectivity index (χ1) is 18.6. The number of ether oxygens (including phenoxy) is 1. The van der Waals surface area contributed by atoms with Crippen molar-refractivity contribution in [2.45, 2.75) is 48.1 Å². The van der Waals surface area contributed by atoms with E-state index in [4.69, 9.17) is 9.15 Å². The standard InChI is InChI=1S/C28H23N3O3.2C2H6/c1-18-4-3-5-20(12-18)16-33-26-10-7-22(13-19(26)2)31-28-24-14-21(6-9-25(24)29-17-30-28)27-11-8-23(15-32)34-27;2*1-2/h3-15,17H,16H2,1-2H3,(H,29,30,31);2*1-2H3. The molecule has 0 radical (unpaired) electrons. The molecule has 0 atom stereocenters. The molecule has 196 valence electrons. The number of hydrogen-bond donors (Lipinski definition) is 1. The molecule has 38 heavy (non-hydrogen) atoms. The van der Waals surface area contributed by atoms with Crippen molar-refractivity contribution < 1.29 is 13.9 Å². The molecule has 0 unspecified atom stereocenters. The zero-order valence-corrected chi connectivity index (χ0v) is 22.9. The van der Waals surface area contributed by atoms with E-state index in [1.54, 1.807) is 12.1 Å². The van der Waals surface area contributed by atoms with Gasteiger partial charge in [-0.3, -0.25) is 4.79 Å². The number of furan rings is 1. The van der Waals surface area contributed by atoms with Crippen LogP contribution in [0, 0.1) is 13.8 Å². The van der Waals surface area contributed by atoms with Crippen molar-refractivity contribution in [3.63, 3.8) is 0 Å². The second kappa shape index (κ2) is 13.7. The lowest BCUT2D eigenvalue weighted by molar-refractivity contribution is 0.110. The smallest absolute Gasteiger partial charge is 0.185 e. The van der Waals surface area contributed by atoms with Crippen LogP contribution >= 0.6 is 0 Å². The van der Waals surface area contributed by atoms with Gasteiger partial charge in [0.05, 0.1) is 5.52 Å². The SMILES string of the molecule is CC.CC.Cc1cccc(COc2ccc(Nc3ncnc4ccc(-c5ccc(C=O)o5)cc34)cc2C)c1. The summed E-state index contributed by atoms with van der Waals surface area (Å²) >= 11 is 0. The third-order valence-electron chi connectivity index (χ3n) is 5.58.